The number of carbonyl (C=O) groups is 1. The minimum atomic E-state index is -3.91. The first-order chi connectivity index (χ1) is 17.2. The van der Waals surface area contributed by atoms with Gasteiger partial charge in [0.05, 0.1) is 30.3 Å². The Morgan fingerprint density at radius 1 is 1.06 bits per heavy atom. The minimum absolute atomic E-state index is 0.129. The maximum absolute atomic E-state index is 13.6. The van der Waals surface area contributed by atoms with Gasteiger partial charge in [-0.1, -0.05) is 55.8 Å². The fourth-order valence-corrected chi connectivity index (χ4v) is 5.73. The number of aryl methyl sites for hydroxylation is 1. The molecule has 1 aliphatic rings. The Bertz CT molecular complexity index is 1300. The van der Waals surface area contributed by atoms with Crippen molar-refractivity contribution in [3.05, 3.63) is 83.9 Å². The van der Waals surface area contributed by atoms with Crippen LogP contribution in [0.1, 0.15) is 37.4 Å². The van der Waals surface area contributed by atoms with E-state index in [0.29, 0.717) is 23.8 Å². The van der Waals surface area contributed by atoms with Gasteiger partial charge in [-0.2, -0.15) is 0 Å². The van der Waals surface area contributed by atoms with Crippen molar-refractivity contribution < 1.29 is 22.7 Å². The van der Waals surface area contributed by atoms with Crippen molar-refractivity contribution in [2.24, 2.45) is 5.92 Å². The molecule has 0 saturated heterocycles. The van der Waals surface area contributed by atoms with Gasteiger partial charge in [0.2, 0.25) is 0 Å². The first-order valence-corrected chi connectivity index (χ1v) is 13.4. The van der Waals surface area contributed by atoms with E-state index in [1.807, 2.05) is 31.2 Å². The van der Waals surface area contributed by atoms with Crippen LogP contribution in [0.15, 0.2) is 77.7 Å². The molecule has 1 amide bonds. The third kappa shape index (κ3) is 5.49. The van der Waals surface area contributed by atoms with Crippen molar-refractivity contribution in [2.75, 3.05) is 18.0 Å². The van der Waals surface area contributed by atoms with E-state index in [1.165, 1.54) is 4.31 Å². The van der Waals surface area contributed by atoms with Crippen molar-refractivity contribution in [3.8, 4) is 11.5 Å². The summed E-state index contributed by atoms with van der Waals surface area (Å²) < 4.78 is 39.8. The van der Waals surface area contributed by atoms with E-state index in [4.69, 9.17) is 9.47 Å². The number of ether oxygens (including phenoxy) is 2. The molecule has 3 aromatic rings. The van der Waals surface area contributed by atoms with Crippen LogP contribution in [-0.4, -0.2) is 34.1 Å². The zero-order valence-corrected chi connectivity index (χ0v) is 21.8. The van der Waals surface area contributed by atoms with E-state index < -0.39 is 16.1 Å². The van der Waals surface area contributed by atoms with Gasteiger partial charge >= 0.3 is 0 Å². The number of carbonyl (C=O) groups excluding carboxylic acids is 1. The van der Waals surface area contributed by atoms with Gasteiger partial charge in [-0.3, -0.25) is 9.10 Å². The molecule has 0 spiro atoms. The summed E-state index contributed by atoms with van der Waals surface area (Å²) in [6.07, 6.45) is -0.291. The Kier molecular flexibility index (Phi) is 7.54. The Balaban J connectivity index is 1.62. The standard InChI is InChI=1S/C28H32N2O5S/c1-19(2)17-24(21-11-13-22(34-4)14-12-21)29-28(31)27-18-30(25-7-5-6-8-26(25)35-27)36(32,33)23-15-9-20(3)10-16-23/h5-16,19,24,27H,17-18H2,1-4H3,(H,29,31)/t24-,27+/m1/s1. The van der Waals surface area contributed by atoms with E-state index in [1.54, 1.807) is 55.6 Å². The molecule has 0 unspecified atom stereocenters. The van der Waals surface area contributed by atoms with E-state index in [2.05, 4.69) is 19.2 Å². The lowest BCUT2D eigenvalue weighted by Gasteiger charge is -2.35. The Labute approximate surface area is 213 Å². The molecule has 2 atom stereocenters. The lowest BCUT2D eigenvalue weighted by Crippen LogP contribution is -2.51. The van der Waals surface area contributed by atoms with Crippen LogP contribution in [0.2, 0.25) is 0 Å². The predicted octanol–water partition coefficient (Wildman–Crippen LogP) is 4.86. The molecule has 0 aliphatic carbocycles. The van der Waals surface area contributed by atoms with Gasteiger partial charge in [-0.15, -0.1) is 0 Å². The summed E-state index contributed by atoms with van der Waals surface area (Å²) in [7, 11) is -2.30. The number of nitrogens with zero attached hydrogens (tertiary/aromatic N) is 1. The summed E-state index contributed by atoms with van der Waals surface area (Å²) in [4.78, 5) is 13.6. The molecular formula is C28H32N2O5S. The highest BCUT2D eigenvalue weighted by Crippen LogP contribution is 2.37. The molecule has 36 heavy (non-hydrogen) atoms. The fraction of sp³-hybridized carbons (Fsp3) is 0.321. The average molecular weight is 509 g/mol. The number of fused-ring (bicyclic) bond motifs is 1. The number of amides is 1. The molecule has 1 N–H and O–H groups in total. The first-order valence-electron chi connectivity index (χ1n) is 12.0. The molecule has 0 aromatic heterocycles. The highest BCUT2D eigenvalue weighted by Gasteiger charge is 2.38. The maximum atomic E-state index is 13.6. The summed E-state index contributed by atoms with van der Waals surface area (Å²) in [5.74, 6) is 1.04. The number of benzene rings is 3. The zero-order valence-electron chi connectivity index (χ0n) is 21.0. The third-order valence-corrected chi connectivity index (χ3v) is 7.97. The normalized spacial score (nSPS) is 16.1. The molecule has 3 aromatic carbocycles. The van der Waals surface area contributed by atoms with Gasteiger partial charge in [-0.25, -0.2) is 8.42 Å². The van der Waals surface area contributed by atoms with Gasteiger partial charge in [0.15, 0.2) is 6.10 Å². The summed E-state index contributed by atoms with van der Waals surface area (Å²) in [5, 5.41) is 3.10. The number of nitrogens with one attached hydrogen (secondary N) is 1. The number of hydrogen-bond donors (Lipinski definition) is 1. The molecule has 0 radical (unpaired) electrons. The Morgan fingerprint density at radius 2 is 1.72 bits per heavy atom. The third-order valence-electron chi connectivity index (χ3n) is 6.18. The van der Waals surface area contributed by atoms with Crippen molar-refractivity contribution >= 4 is 21.6 Å². The molecule has 4 rings (SSSR count). The van der Waals surface area contributed by atoms with E-state index in [9.17, 15) is 13.2 Å². The van der Waals surface area contributed by atoms with Gasteiger partial charge in [0.25, 0.3) is 15.9 Å². The van der Waals surface area contributed by atoms with Crippen molar-refractivity contribution in [1.82, 2.24) is 5.32 Å². The number of para-hydroxylation sites is 2. The van der Waals surface area contributed by atoms with Gasteiger partial charge in [0.1, 0.15) is 11.5 Å². The van der Waals surface area contributed by atoms with Crippen LogP contribution in [-0.2, 0) is 14.8 Å². The highest BCUT2D eigenvalue weighted by atomic mass is 32.2. The van der Waals surface area contributed by atoms with Crippen molar-refractivity contribution in [1.29, 1.82) is 0 Å². The lowest BCUT2D eigenvalue weighted by molar-refractivity contribution is -0.128. The molecule has 190 valence electrons. The summed E-state index contributed by atoms with van der Waals surface area (Å²) in [6.45, 7) is 5.95. The number of methoxy groups -OCH3 is 1. The van der Waals surface area contributed by atoms with Gasteiger partial charge in [-0.05, 0) is 61.2 Å². The van der Waals surface area contributed by atoms with Crippen LogP contribution in [0, 0.1) is 12.8 Å². The predicted molar refractivity (Wildman–Crippen MR) is 140 cm³/mol. The highest BCUT2D eigenvalue weighted by molar-refractivity contribution is 7.92. The number of anilines is 1. The SMILES string of the molecule is COc1ccc([C@@H](CC(C)C)NC(=O)[C@@H]2CN(S(=O)(=O)c3ccc(C)cc3)c3ccccc3O2)cc1. The summed E-state index contributed by atoms with van der Waals surface area (Å²) in [5.41, 5.74) is 2.32. The van der Waals surface area contributed by atoms with Crippen LogP contribution >= 0.6 is 0 Å². The van der Waals surface area contributed by atoms with Crippen LogP contribution in [0.25, 0.3) is 0 Å². The van der Waals surface area contributed by atoms with Gasteiger partial charge < -0.3 is 14.8 Å². The number of rotatable bonds is 8. The molecular weight excluding hydrogens is 476 g/mol. The molecule has 7 nitrogen and oxygen atoms in total. The molecule has 8 heteroatoms. The van der Waals surface area contributed by atoms with Crippen molar-refractivity contribution in [3.63, 3.8) is 0 Å². The van der Waals surface area contributed by atoms with E-state index in [-0.39, 0.29) is 23.4 Å². The zero-order chi connectivity index (χ0) is 25.9. The van der Waals surface area contributed by atoms with Gasteiger partial charge in [0, 0.05) is 0 Å². The second-order valence-electron chi connectivity index (χ2n) is 9.39. The second-order valence-corrected chi connectivity index (χ2v) is 11.2. The van der Waals surface area contributed by atoms with Crippen LogP contribution in [0.3, 0.4) is 0 Å². The topological polar surface area (TPSA) is 84.9 Å². The number of hydrogen-bond acceptors (Lipinski definition) is 5. The quantitative estimate of drug-likeness (QED) is 0.470. The van der Waals surface area contributed by atoms with Crippen LogP contribution in [0.5, 0.6) is 11.5 Å². The van der Waals surface area contributed by atoms with Crippen LogP contribution < -0.4 is 19.1 Å². The summed E-state index contributed by atoms with van der Waals surface area (Å²) in [6, 6.07) is 20.9. The molecule has 1 aliphatic heterocycles. The molecule has 1 heterocycles. The Hall–Kier alpha value is -3.52. The molecule has 0 saturated carbocycles. The molecule has 0 bridgehead atoms. The second kappa shape index (κ2) is 10.6. The minimum Gasteiger partial charge on any atom is -0.497 e. The molecule has 0 fully saturated rings. The van der Waals surface area contributed by atoms with E-state index >= 15 is 0 Å². The summed E-state index contributed by atoms with van der Waals surface area (Å²) >= 11 is 0. The van der Waals surface area contributed by atoms with Crippen molar-refractivity contribution in [2.45, 2.75) is 44.2 Å². The largest absolute Gasteiger partial charge is 0.497 e. The fourth-order valence-electron chi connectivity index (χ4n) is 4.25. The number of sulfonamides is 1. The monoisotopic (exact) mass is 508 g/mol. The smallest absolute Gasteiger partial charge is 0.264 e. The average Bonchev–Trinajstić information content (AvgIpc) is 2.87. The maximum Gasteiger partial charge on any atom is 0.264 e. The lowest BCUT2D eigenvalue weighted by atomic mass is 9.96. The van der Waals surface area contributed by atoms with Crippen LogP contribution in [0.4, 0.5) is 5.69 Å². The Morgan fingerprint density at radius 3 is 2.36 bits per heavy atom. The van der Waals surface area contributed by atoms with E-state index in [0.717, 1.165) is 16.9 Å². The first kappa shape index (κ1) is 25.6.